The molecule has 1 heterocycles. The topological polar surface area (TPSA) is 3.24 Å². The van der Waals surface area contributed by atoms with Crippen LogP contribution in [0.2, 0.25) is 0 Å². The van der Waals surface area contributed by atoms with Gasteiger partial charge in [0.25, 0.3) is 0 Å². The Labute approximate surface area is 267 Å². The van der Waals surface area contributed by atoms with E-state index in [9.17, 15) is 0 Å². The fourth-order valence-electron chi connectivity index (χ4n) is 7.38. The molecule has 0 saturated heterocycles. The summed E-state index contributed by atoms with van der Waals surface area (Å²) in [5, 5.41) is 5.23. The number of nitrogens with zero attached hydrogens (tertiary/aromatic N) is 1. The van der Waals surface area contributed by atoms with Gasteiger partial charge in [-0.25, -0.2) is 0 Å². The number of fused-ring (bicyclic) bond motifs is 8. The summed E-state index contributed by atoms with van der Waals surface area (Å²) in [6.45, 7) is 4.77. The summed E-state index contributed by atoms with van der Waals surface area (Å²) in [5.41, 5.74) is 11.4. The fraction of sp³-hybridized carbons (Fsp3) is 0.0698. The van der Waals surface area contributed by atoms with Gasteiger partial charge in [-0.05, 0) is 98.8 Å². The molecule has 0 aliphatic heterocycles. The lowest BCUT2D eigenvalue weighted by atomic mass is 9.82. The molecular formula is C43H31NS. The van der Waals surface area contributed by atoms with Gasteiger partial charge >= 0.3 is 0 Å². The number of thiophene rings is 1. The van der Waals surface area contributed by atoms with Crippen LogP contribution in [-0.4, -0.2) is 0 Å². The largest absolute Gasteiger partial charge is 0.310 e. The lowest BCUT2D eigenvalue weighted by molar-refractivity contribution is 0.661. The van der Waals surface area contributed by atoms with Crippen molar-refractivity contribution < 1.29 is 0 Å². The van der Waals surface area contributed by atoms with Gasteiger partial charge in [-0.15, -0.1) is 11.3 Å². The van der Waals surface area contributed by atoms with Gasteiger partial charge in [0.1, 0.15) is 0 Å². The summed E-state index contributed by atoms with van der Waals surface area (Å²) in [5.74, 6) is 0. The Hall–Kier alpha value is -5.18. The van der Waals surface area contributed by atoms with E-state index in [0.29, 0.717) is 0 Å². The maximum atomic E-state index is 2.44. The predicted octanol–water partition coefficient (Wildman–Crippen LogP) is 12.7. The summed E-state index contributed by atoms with van der Waals surface area (Å²) in [6.07, 6.45) is 0. The summed E-state index contributed by atoms with van der Waals surface area (Å²) < 4.78 is 2.71. The fourth-order valence-corrected chi connectivity index (χ4v) is 8.49. The molecule has 0 radical (unpaired) electrons. The van der Waals surface area contributed by atoms with Crippen LogP contribution in [-0.2, 0) is 5.41 Å². The third-order valence-corrected chi connectivity index (χ3v) is 10.8. The molecule has 8 aromatic rings. The standard InChI is InChI=1S/C43H31NS/c1-43(2)37-23-24-40-42(36-15-9-10-16-39(36)45-40)41(37)35-22-21-34(27-38(35)43)44(32-13-7-4-8-14-32)33-20-19-30-25-29(17-18-31(30)26-33)28-11-5-3-6-12-28/h3-27H,1-2H3. The van der Waals surface area contributed by atoms with E-state index in [2.05, 4.69) is 170 Å². The van der Waals surface area contributed by atoms with E-state index in [4.69, 9.17) is 0 Å². The molecule has 0 unspecified atom stereocenters. The zero-order chi connectivity index (χ0) is 30.1. The Bertz CT molecular complexity index is 2400. The lowest BCUT2D eigenvalue weighted by Crippen LogP contribution is -2.16. The molecule has 1 nitrogen and oxygen atoms in total. The summed E-state index contributed by atoms with van der Waals surface area (Å²) >= 11 is 1.90. The van der Waals surface area contributed by atoms with E-state index in [1.807, 2.05) is 11.3 Å². The van der Waals surface area contributed by atoms with E-state index in [-0.39, 0.29) is 5.41 Å². The average molecular weight is 594 g/mol. The van der Waals surface area contributed by atoms with Gasteiger partial charge in [-0.2, -0.15) is 0 Å². The molecule has 7 aromatic carbocycles. The number of para-hydroxylation sites is 1. The maximum Gasteiger partial charge on any atom is 0.0468 e. The number of hydrogen-bond acceptors (Lipinski definition) is 2. The van der Waals surface area contributed by atoms with E-state index < -0.39 is 0 Å². The Morgan fingerprint density at radius 3 is 2.02 bits per heavy atom. The van der Waals surface area contributed by atoms with Crippen molar-refractivity contribution >= 4 is 59.3 Å². The van der Waals surface area contributed by atoms with Crippen LogP contribution < -0.4 is 4.90 Å². The second kappa shape index (κ2) is 9.92. The highest BCUT2D eigenvalue weighted by Gasteiger charge is 2.37. The molecule has 0 atom stereocenters. The minimum atomic E-state index is -0.114. The highest BCUT2D eigenvalue weighted by molar-refractivity contribution is 7.26. The van der Waals surface area contributed by atoms with Crippen molar-refractivity contribution in [2.24, 2.45) is 0 Å². The molecule has 1 aliphatic rings. The third-order valence-electron chi connectivity index (χ3n) is 9.62. The van der Waals surface area contributed by atoms with E-state index in [0.717, 1.165) is 11.4 Å². The summed E-state index contributed by atoms with van der Waals surface area (Å²) in [4.78, 5) is 2.40. The zero-order valence-electron chi connectivity index (χ0n) is 25.3. The number of anilines is 3. The van der Waals surface area contributed by atoms with E-state index in [1.54, 1.807) is 0 Å². The van der Waals surface area contributed by atoms with Gasteiger partial charge in [-0.3, -0.25) is 0 Å². The van der Waals surface area contributed by atoms with Crippen molar-refractivity contribution in [2.45, 2.75) is 19.3 Å². The second-order valence-corrected chi connectivity index (χ2v) is 13.7. The molecule has 0 amide bonds. The quantitative estimate of drug-likeness (QED) is 0.196. The molecule has 2 heteroatoms. The maximum absolute atomic E-state index is 2.44. The van der Waals surface area contributed by atoms with Crippen molar-refractivity contribution in [3.05, 3.63) is 163 Å². The van der Waals surface area contributed by atoms with Crippen LogP contribution in [0.5, 0.6) is 0 Å². The summed E-state index contributed by atoms with van der Waals surface area (Å²) in [7, 11) is 0. The smallest absolute Gasteiger partial charge is 0.0468 e. The Morgan fingerprint density at radius 2 is 1.18 bits per heavy atom. The average Bonchev–Trinajstić information content (AvgIpc) is 3.57. The van der Waals surface area contributed by atoms with E-state index >= 15 is 0 Å². The Morgan fingerprint density at radius 1 is 0.489 bits per heavy atom. The molecule has 0 saturated carbocycles. The van der Waals surface area contributed by atoms with Crippen LogP contribution in [0.1, 0.15) is 25.0 Å². The molecular weight excluding hydrogens is 563 g/mol. The van der Waals surface area contributed by atoms with Gasteiger partial charge in [0.2, 0.25) is 0 Å². The van der Waals surface area contributed by atoms with Crippen LogP contribution in [0.25, 0.3) is 53.2 Å². The molecule has 1 aromatic heterocycles. The molecule has 0 fully saturated rings. The number of hydrogen-bond donors (Lipinski definition) is 0. The van der Waals surface area contributed by atoms with Crippen molar-refractivity contribution in [3.63, 3.8) is 0 Å². The van der Waals surface area contributed by atoms with Crippen molar-refractivity contribution in [1.82, 2.24) is 0 Å². The first-order valence-electron chi connectivity index (χ1n) is 15.6. The minimum absolute atomic E-state index is 0.114. The van der Waals surface area contributed by atoms with E-state index in [1.165, 1.54) is 70.0 Å². The molecule has 214 valence electrons. The predicted molar refractivity (Wildman–Crippen MR) is 195 cm³/mol. The molecule has 0 spiro atoms. The SMILES string of the molecule is CC1(C)c2cc(N(c3ccccc3)c3ccc4cc(-c5ccccc5)ccc4c3)ccc2-c2c1ccc1sc3ccccc3c21. The highest BCUT2D eigenvalue weighted by atomic mass is 32.1. The van der Waals surface area contributed by atoms with Crippen LogP contribution in [0.15, 0.2) is 152 Å². The molecule has 45 heavy (non-hydrogen) atoms. The molecule has 0 bridgehead atoms. The van der Waals surface area contributed by atoms with Gasteiger partial charge in [-0.1, -0.05) is 111 Å². The monoisotopic (exact) mass is 593 g/mol. The van der Waals surface area contributed by atoms with Crippen LogP contribution in [0, 0.1) is 0 Å². The van der Waals surface area contributed by atoms with Gasteiger partial charge in [0.15, 0.2) is 0 Å². The van der Waals surface area contributed by atoms with Crippen LogP contribution in [0.3, 0.4) is 0 Å². The van der Waals surface area contributed by atoms with Gasteiger partial charge in [0.05, 0.1) is 0 Å². The van der Waals surface area contributed by atoms with Crippen molar-refractivity contribution in [2.75, 3.05) is 4.90 Å². The molecule has 9 rings (SSSR count). The van der Waals surface area contributed by atoms with Gasteiger partial charge in [0, 0.05) is 42.6 Å². The van der Waals surface area contributed by atoms with Crippen LogP contribution in [0.4, 0.5) is 17.1 Å². The normalized spacial score (nSPS) is 13.3. The lowest BCUT2D eigenvalue weighted by Gasteiger charge is -2.28. The first kappa shape index (κ1) is 26.2. The minimum Gasteiger partial charge on any atom is -0.310 e. The Balaban J connectivity index is 1.20. The first-order valence-corrected chi connectivity index (χ1v) is 16.4. The van der Waals surface area contributed by atoms with Crippen LogP contribution >= 0.6 is 11.3 Å². The number of benzene rings is 7. The molecule has 0 N–H and O–H groups in total. The Kier molecular flexibility index (Phi) is 5.78. The first-order chi connectivity index (χ1) is 22.1. The molecule has 1 aliphatic carbocycles. The zero-order valence-corrected chi connectivity index (χ0v) is 26.1. The second-order valence-electron chi connectivity index (χ2n) is 12.6. The van der Waals surface area contributed by atoms with Crippen molar-refractivity contribution in [3.8, 4) is 22.3 Å². The van der Waals surface area contributed by atoms with Crippen molar-refractivity contribution in [1.29, 1.82) is 0 Å². The number of rotatable bonds is 4. The summed E-state index contributed by atoms with van der Waals surface area (Å²) in [6, 6.07) is 55.7. The van der Waals surface area contributed by atoms with Gasteiger partial charge < -0.3 is 4.90 Å². The highest BCUT2D eigenvalue weighted by Crippen LogP contribution is 2.55. The third kappa shape index (κ3) is 4.06.